The SMILES string of the molecule is CC(=O)Nc1ccc(S(=O)(=O)NCCC(=O)N[C@@H](C)c2cccs2)cc1. The Bertz CT molecular complexity index is 847. The highest BCUT2D eigenvalue weighted by Gasteiger charge is 2.15. The fourth-order valence-electron chi connectivity index (χ4n) is 2.23. The van der Waals surface area contributed by atoms with Crippen LogP contribution in [0.4, 0.5) is 5.69 Å². The van der Waals surface area contributed by atoms with Gasteiger partial charge in [-0.05, 0) is 42.6 Å². The molecule has 0 saturated heterocycles. The van der Waals surface area contributed by atoms with Crippen LogP contribution in [0.2, 0.25) is 0 Å². The number of nitrogens with one attached hydrogen (secondary N) is 3. The van der Waals surface area contributed by atoms with Crippen LogP contribution in [0.3, 0.4) is 0 Å². The minimum atomic E-state index is -3.71. The van der Waals surface area contributed by atoms with Crippen LogP contribution >= 0.6 is 11.3 Å². The molecule has 0 aliphatic rings. The Kier molecular flexibility index (Phi) is 6.90. The maximum Gasteiger partial charge on any atom is 0.240 e. The summed E-state index contributed by atoms with van der Waals surface area (Å²) in [6.07, 6.45) is 0.0406. The average Bonchev–Trinajstić information content (AvgIpc) is 3.09. The van der Waals surface area contributed by atoms with E-state index in [1.54, 1.807) is 11.3 Å². The molecule has 1 heterocycles. The zero-order valence-electron chi connectivity index (χ0n) is 14.5. The minimum absolute atomic E-state index is 0.00122. The molecule has 0 spiro atoms. The van der Waals surface area contributed by atoms with Gasteiger partial charge >= 0.3 is 0 Å². The lowest BCUT2D eigenvalue weighted by Crippen LogP contribution is -2.31. The third-order valence-electron chi connectivity index (χ3n) is 3.48. The number of sulfonamides is 1. The van der Waals surface area contributed by atoms with Crippen molar-refractivity contribution in [2.24, 2.45) is 0 Å². The number of amides is 2. The summed E-state index contributed by atoms with van der Waals surface area (Å²) in [5.41, 5.74) is 0.512. The maximum absolute atomic E-state index is 12.2. The molecule has 26 heavy (non-hydrogen) atoms. The summed E-state index contributed by atoms with van der Waals surface area (Å²) >= 11 is 1.55. The molecule has 0 aliphatic carbocycles. The van der Waals surface area contributed by atoms with Crippen molar-refractivity contribution in [2.45, 2.75) is 31.2 Å². The van der Waals surface area contributed by atoms with Gasteiger partial charge in [-0.15, -0.1) is 11.3 Å². The van der Waals surface area contributed by atoms with E-state index in [1.807, 2.05) is 24.4 Å². The molecule has 140 valence electrons. The van der Waals surface area contributed by atoms with Gasteiger partial charge in [-0.25, -0.2) is 13.1 Å². The molecule has 9 heteroatoms. The predicted octanol–water partition coefficient (Wildman–Crippen LogP) is 2.25. The molecule has 0 aliphatic heterocycles. The quantitative estimate of drug-likeness (QED) is 0.638. The number of thiophene rings is 1. The minimum Gasteiger partial charge on any atom is -0.349 e. The standard InChI is InChI=1S/C17H21N3O4S2/c1-12(16-4-3-11-25-16)19-17(22)9-10-18-26(23,24)15-7-5-14(6-8-15)20-13(2)21/h3-8,11-12,18H,9-10H2,1-2H3,(H,19,22)(H,20,21)/t12-/m0/s1. The lowest BCUT2D eigenvalue weighted by atomic mass is 10.2. The van der Waals surface area contributed by atoms with Crippen molar-refractivity contribution in [3.05, 3.63) is 46.7 Å². The molecular formula is C17H21N3O4S2. The van der Waals surface area contributed by atoms with Crippen molar-refractivity contribution >= 4 is 38.9 Å². The van der Waals surface area contributed by atoms with Crippen LogP contribution in [0.1, 0.15) is 31.2 Å². The van der Waals surface area contributed by atoms with E-state index in [0.717, 1.165) is 4.88 Å². The number of benzene rings is 1. The highest BCUT2D eigenvalue weighted by atomic mass is 32.2. The number of anilines is 1. The zero-order chi connectivity index (χ0) is 19.2. The summed E-state index contributed by atoms with van der Waals surface area (Å²) in [5.74, 6) is -0.462. The first-order chi connectivity index (χ1) is 12.3. The normalized spacial score (nSPS) is 12.4. The molecular weight excluding hydrogens is 374 g/mol. The Balaban J connectivity index is 1.83. The van der Waals surface area contributed by atoms with Crippen molar-refractivity contribution < 1.29 is 18.0 Å². The summed E-state index contributed by atoms with van der Waals surface area (Å²) < 4.78 is 26.9. The Labute approximate surface area is 156 Å². The molecule has 0 unspecified atom stereocenters. The second-order valence-corrected chi connectivity index (χ2v) is 8.40. The highest BCUT2D eigenvalue weighted by Crippen LogP contribution is 2.18. The van der Waals surface area contributed by atoms with E-state index in [9.17, 15) is 18.0 Å². The lowest BCUT2D eigenvalue weighted by Gasteiger charge is -2.12. The van der Waals surface area contributed by atoms with Crippen LogP contribution < -0.4 is 15.4 Å². The van der Waals surface area contributed by atoms with Crippen molar-refractivity contribution in [2.75, 3.05) is 11.9 Å². The van der Waals surface area contributed by atoms with Crippen molar-refractivity contribution in [1.29, 1.82) is 0 Å². The molecule has 0 radical (unpaired) electrons. The highest BCUT2D eigenvalue weighted by molar-refractivity contribution is 7.89. The molecule has 2 rings (SSSR count). The molecule has 1 atom stereocenters. The van der Waals surface area contributed by atoms with E-state index < -0.39 is 10.0 Å². The molecule has 3 N–H and O–H groups in total. The van der Waals surface area contributed by atoms with Crippen LogP contribution in [0.15, 0.2) is 46.7 Å². The number of carbonyl (C=O) groups excluding carboxylic acids is 2. The molecule has 1 aromatic heterocycles. The maximum atomic E-state index is 12.2. The number of hydrogen-bond acceptors (Lipinski definition) is 5. The van der Waals surface area contributed by atoms with Crippen LogP contribution in [-0.4, -0.2) is 26.8 Å². The van der Waals surface area contributed by atoms with Gasteiger partial charge in [0.25, 0.3) is 0 Å². The van der Waals surface area contributed by atoms with E-state index >= 15 is 0 Å². The fourth-order valence-corrected chi connectivity index (χ4v) is 3.99. The van der Waals surface area contributed by atoms with Gasteiger partial charge in [-0.1, -0.05) is 6.07 Å². The Morgan fingerprint density at radius 2 is 1.85 bits per heavy atom. The molecule has 7 nitrogen and oxygen atoms in total. The summed E-state index contributed by atoms with van der Waals surface area (Å²) in [5, 5.41) is 7.33. The van der Waals surface area contributed by atoms with Gasteiger partial charge in [-0.2, -0.15) is 0 Å². The molecule has 1 aromatic carbocycles. The smallest absolute Gasteiger partial charge is 0.240 e. The van der Waals surface area contributed by atoms with Gasteiger partial charge in [0.05, 0.1) is 10.9 Å². The van der Waals surface area contributed by atoms with Crippen molar-refractivity contribution in [3.63, 3.8) is 0 Å². The topological polar surface area (TPSA) is 104 Å². The molecule has 2 aromatic rings. The van der Waals surface area contributed by atoms with Crippen LogP contribution in [0.5, 0.6) is 0 Å². The fraction of sp³-hybridized carbons (Fsp3) is 0.294. The Morgan fingerprint density at radius 3 is 2.42 bits per heavy atom. The van der Waals surface area contributed by atoms with Crippen LogP contribution in [0, 0.1) is 0 Å². The first-order valence-electron chi connectivity index (χ1n) is 7.98. The van der Waals surface area contributed by atoms with Crippen LogP contribution in [0.25, 0.3) is 0 Å². The molecule has 0 bridgehead atoms. The monoisotopic (exact) mass is 395 g/mol. The lowest BCUT2D eigenvalue weighted by molar-refractivity contribution is -0.121. The largest absolute Gasteiger partial charge is 0.349 e. The van der Waals surface area contributed by atoms with Gasteiger partial charge < -0.3 is 10.6 Å². The second-order valence-electron chi connectivity index (χ2n) is 5.66. The summed E-state index contributed by atoms with van der Waals surface area (Å²) in [6, 6.07) is 9.53. The Hall–Kier alpha value is -2.23. The zero-order valence-corrected chi connectivity index (χ0v) is 16.1. The number of hydrogen-bond donors (Lipinski definition) is 3. The van der Waals surface area contributed by atoms with Crippen molar-refractivity contribution in [1.82, 2.24) is 10.0 Å². The average molecular weight is 396 g/mol. The second kappa shape index (κ2) is 8.93. The van der Waals surface area contributed by atoms with E-state index in [1.165, 1.54) is 31.2 Å². The number of rotatable bonds is 8. The van der Waals surface area contributed by atoms with E-state index in [4.69, 9.17) is 0 Å². The van der Waals surface area contributed by atoms with Gasteiger partial charge in [-0.3, -0.25) is 9.59 Å². The summed E-state index contributed by atoms with van der Waals surface area (Å²) in [4.78, 5) is 24.0. The predicted molar refractivity (Wildman–Crippen MR) is 101 cm³/mol. The van der Waals surface area contributed by atoms with Crippen LogP contribution in [-0.2, 0) is 19.6 Å². The summed E-state index contributed by atoms with van der Waals surface area (Å²) in [6.45, 7) is 3.25. The van der Waals surface area contributed by atoms with Crippen molar-refractivity contribution in [3.8, 4) is 0 Å². The first kappa shape index (κ1) is 20.1. The van der Waals surface area contributed by atoms with Gasteiger partial charge in [0, 0.05) is 30.5 Å². The first-order valence-corrected chi connectivity index (χ1v) is 10.3. The van der Waals surface area contributed by atoms with E-state index in [2.05, 4.69) is 15.4 Å². The third-order valence-corrected chi connectivity index (χ3v) is 6.01. The molecule has 2 amide bonds. The van der Waals surface area contributed by atoms with Gasteiger partial charge in [0.2, 0.25) is 21.8 Å². The van der Waals surface area contributed by atoms with Gasteiger partial charge in [0.1, 0.15) is 0 Å². The summed E-state index contributed by atoms with van der Waals surface area (Å²) in [7, 11) is -3.71. The van der Waals surface area contributed by atoms with Gasteiger partial charge in [0.15, 0.2) is 0 Å². The molecule has 0 saturated carbocycles. The van der Waals surface area contributed by atoms with E-state index in [-0.39, 0.29) is 35.7 Å². The number of carbonyl (C=O) groups is 2. The van der Waals surface area contributed by atoms with E-state index in [0.29, 0.717) is 5.69 Å². The Morgan fingerprint density at radius 1 is 1.15 bits per heavy atom. The third kappa shape index (κ3) is 5.94. The molecule has 0 fully saturated rings.